The van der Waals surface area contributed by atoms with E-state index in [9.17, 15) is 9.59 Å². The van der Waals surface area contributed by atoms with Gasteiger partial charge in [0.2, 0.25) is 5.91 Å². The normalized spacial score (nSPS) is 14.3. The highest BCUT2D eigenvalue weighted by atomic mass is 79.9. The van der Waals surface area contributed by atoms with E-state index in [-0.39, 0.29) is 18.4 Å². The Kier molecular flexibility index (Phi) is 6.63. The third-order valence-corrected chi connectivity index (χ3v) is 5.20. The molecule has 0 spiro atoms. The highest BCUT2D eigenvalue weighted by Gasteiger charge is 2.22. The summed E-state index contributed by atoms with van der Waals surface area (Å²) in [4.78, 5) is 29.4. The molecule has 1 aliphatic rings. The third-order valence-electron chi connectivity index (χ3n) is 4.51. The second-order valence-corrected chi connectivity index (χ2v) is 7.48. The number of hydrogen-bond donors (Lipinski definition) is 1. The number of aromatic nitrogens is 1. The molecule has 3 rings (SSSR count). The van der Waals surface area contributed by atoms with Crippen LogP contribution >= 0.6 is 15.9 Å². The lowest BCUT2D eigenvalue weighted by molar-refractivity contribution is -0.117. The third kappa shape index (κ3) is 5.40. The monoisotopic (exact) mass is 434 g/mol. The minimum absolute atomic E-state index is 0.0418. The van der Waals surface area contributed by atoms with Crippen LogP contribution in [0, 0.1) is 6.92 Å². The molecule has 0 atom stereocenters. The average molecular weight is 435 g/mol. The van der Waals surface area contributed by atoms with E-state index < -0.39 is 0 Å². The van der Waals surface area contributed by atoms with Gasteiger partial charge in [0, 0.05) is 23.6 Å². The first-order valence-electron chi connectivity index (χ1n) is 9.02. The summed E-state index contributed by atoms with van der Waals surface area (Å²) in [6.45, 7) is 5.04. The minimum Gasteiger partial charge on any atom is -0.360 e. The predicted octanol–water partition coefficient (Wildman–Crippen LogP) is 2.92. The van der Waals surface area contributed by atoms with Crippen LogP contribution < -0.4 is 5.32 Å². The Bertz CT molecular complexity index is 802. The van der Waals surface area contributed by atoms with Crippen LogP contribution in [-0.2, 0) is 4.79 Å². The average Bonchev–Trinajstić information content (AvgIpc) is 3.30. The standard InChI is InChI=1S/C19H23BrN4O3/c1-14-12-17(22-27-14)21-18(25)13-24(11-10-23-8-4-5-9-23)19(26)15-6-2-3-7-16(15)20/h2-3,6-7,12H,4-5,8-11,13H2,1H3,(H,21,22,25). The van der Waals surface area contributed by atoms with Crippen LogP contribution in [0.15, 0.2) is 39.3 Å². The maximum absolute atomic E-state index is 13.0. The molecule has 0 aliphatic carbocycles. The number of hydrogen-bond acceptors (Lipinski definition) is 5. The minimum atomic E-state index is -0.301. The maximum Gasteiger partial charge on any atom is 0.255 e. The molecule has 0 saturated carbocycles. The van der Waals surface area contributed by atoms with Gasteiger partial charge in [-0.1, -0.05) is 17.3 Å². The predicted molar refractivity (Wildman–Crippen MR) is 106 cm³/mol. The van der Waals surface area contributed by atoms with Gasteiger partial charge >= 0.3 is 0 Å². The van der Waals surface area contributed by atoms with Gasteiger partial charge in [-0.2, -0.15) is 0 Å². The van der Waals surface area contributed by atoms with E-state index in [0.717, 1.165) is 19.6 Å². The number of carbonyl (C=O) groups is 2. The summed E-state index contributed by atoms with van der Waals surface area (Å²) in [5.74, 6) is 0.490. The zero-order valence-corrected chi connectivity index (χ0v) is 16.9. The summed E-state index contributed by atoms with van der Waals surface area (Å²) in [6.07, 6.45) is 2.37. The highest BCUT2D eigenvalue weighted by Crippen LogP contribution is 2.18. The molecule has 1 aromatic heterocycles. The Morgan fingerprint density at radius 1 is 1.30 bits per heavy atom. The number of carbonyl (C=O) groups excluding carboxylic acids is 2. The second-order valence-electron chi connectivity index (χ2n) is 6.63. The molecule has 2 aromatic rings. The SMILES string of the molecule is Cc1cc(NC(=O)CN(CCN2CCCC2)C(=O)c2ccccc2Br)no1. The van der Waals surface area contributed by atoms with Crippen LogP contribution in [0.25, 0.3) is 0 Å². The van der Waals surface area contributed by atoms with Gasteiger partial charge in [-0.05, 0) is 60.9 Å². The molecule has 2 heterocycles. The topological polar surface area (TPSA) is 78.7 Å². The van der Waals surface area contributed by atoms with Crippen molar-refractivity contribution in [1.29, 1.82) is 0 Å². The zero-order chi connectivity index (χ0) is 19.2. The lowest BCUT2D eigenvalue weighted by atomic mass is 10.2. The fourth-order valence-electron chi connectivity index (χ4n) is 3.11. The summed E-state index contributed by atoms with van der Waals surface area (Å²) >= 11 is 3.42. The molecule has 1 fully saturated rings. The number of rotatable bonds is 7. The van der Waals surface area contributed by atoms with E-state index in [2.05, 4.69) is 31.3 Å². The number of nitrogens with one attached hydrogen (secondary N) is 1. The molecule has 7 nitrogen and oxygen atoms in total. The smallest absolute Gasteiger partial charge is 0.255 e. The maximum atomic E-state index is 13.0. The fourth-order valence-corrected chi connectivity index (χ4v) is 3.56. The Morgan fingerprint density at radius 2 is 2.04 bits per heavy atom. The summed E-state index contributed by atoms with van der Waals surface area (Å²) in [7, 11) is 0. The van der Waals surface area contributed by atoms with Crippen LogP contribution in [0.5, 0.6) is 0 Å². The lowest BCUT2D eigenvalue weighted by Gasteiger charge is -2.25. The summed E-state index contributed by atoms with van der Waals surface area (Å²) < 4.78 is 5.68. The van der Waals surface area contributed by atoms with Crippen molar-refractivity contribution in [3.8, 4) is 0 Å². The van der Waals surface area contributed by atoms with Gasteiger partial charge in [0.15, 0.2) is 5.82 Å². The Hall–Kier alpha value is -2.19. The number of benzene rings is 1. The van der Waals surface area contributed by atoms with Gasteiger partial charge in [0.05, 0.1) is 5.56 Å². The first-order chi connectivity index (χ1) is 13.0. The van der Waals surface area contributed by atoms with E-state index >= 15 is 0 Å². The molecule has 1 saturated heterocycles. The van der Waals surface area contributed by atoms with Gasteiger partial charge in [-0.3, -0.25) is 9.59 Å². The molecule has 27 heavy (non-hydrogen) atoms. The van der Waals surface area contributed by atoms with Crippen molar-refractivity contribution >= 4 is 33.6 Å². The number of nitrogens with zero attached hydrogens (tertiary/aromatic N) is 3. The van der Waals surface area contributed by atoms with Crippen molar-refractivity contribution < 1.29 is 14.1 Å². The molecular weight excluding hydrogens is 412 g/mol. The molecule has 0 radical (unpaired) electrons. The number of likely N-dealkylation sites (tertiary alicyclic amines) is 1. The van der Waals surface area contributed by atoms with Gasteiger partial charge < -0.3 is 19.6 Å². The van der Waals surface area contributed by atoms with E-state index in [1.807, 2.05) is 18.2 Å². The van der Waals surface area contributed by atoms with Crippen LogP contribution in [0.1, 0.15) is 29.0 Å². The van der Waals surface area contributed by atoms with Crippen molar-refractivity contribution in [1.82, 2.24) is 15.0 Å². The van der Waals surface area contributed by atoms with E-state index in [0.29, 0.717) is 28.2 Å². The van der Waals surface area contributed by atoms with Crippen molar-refractivity contribution in [2.45, 2.75) is 19.8 Å². The van der Waals surface area contributed by atoms with Crippen LogP contribution in [0.3, 0.4) is 0 Å². The number of aryl methyl sites for hydroxylation is 1. The molecule has 1 N–H and O–H groups in total. The van der Waals surface area contributed by atoms with E-state index in [1.54, 1.807) is 24.0 Å². The van der Waals surface area contributed by atoms with E-state index in [4.69, 9.17) is 4.52 Å². The number of anilines is 1. The van der Waals surface area contributed by atoms with Crippen molar-refractivity contribution in [3.05, 3.63) is 46.1 Å². The highest BCUT2D eigenvalue weighted by molar-refractivity contribution is 9.10. The largest absolute Gasteiger partial charge is 0.360 e. The van der Waals surface area contributed by atoms with Gasteiger partial charge in [0.1, 0.15) is 12.3 Å². The molecule has 2 amide bonds. The first kappa shape index (κ1) is 19.6. The number of halogens is 1. The lowest BCUT2D eigenvalue weighted by Crippen LogP contribution is -2.42. The molecule has 0 bridgehead atoms. The van der Waals surface area contributed by atoms with Gasteiger partial charge in [-0.25, -0.2) is 0 Å². The Balaban J connectivity index is 1.69. The molecule has 1 aromatic carbocycles. The van der Waals surface area contributed by atoms with Crippen LogP contribution in [0.4, 0.5) is 5.82 Å². The van der Waals surface area contributed by atoms with Crippen molar-refractivity contribution in [2.24, 2.45) is 0 Å². The molecule has 1 aliphatic heterocycles. The molecule has 8 heteroatoms. The van der Waals surface area contributed by atoms with Crippen LogP contribution in [-0.4, -0.2) is 59.5 Å². The van der Waals surface area contributed by atoms with Crippen LogP contribution in [0.2, 0.25) is 0 Å². The first-order valence-corrected chi connectivity index (χ1v) is 9.81. The zero-order valence-electron chi connectivity index (χ0n) is 15.3. The Morgan fingerprint density at radius 3 is 2.70 bits per heavy atom. The molecule has 144 valence electrons. The molecule has 0 unspecified atom stereocenters. The van der Waals surface area contributed by atoms with Crippen molar-refractivity contribution in [2.75, 3.05) is 38.0 Å². The Labute approximate surface area is 166 Å². The van der Waals surface area contributed by atoms with Gasteiger partial charge in [-0.15, -0.1) is 0 Å². The van der Waals surface area contributed by atoms with Crippen molar-refractivity contribution in [3.63, 3.8) is 0 Å². The van der Waals surface area contributed by atoms with Gasteiger partial charge in [0.25, 0.3) is 5.91 Å². The second kappa shape index (κ2) is 9.14. The van der Waals surface area contributed by atoms with E-state index in [1.165, 1.54) is 12.8 Å². The summed E-state index contributed by atoms with van der Waals surface area (Å²) in [5, 5.41) is 6.44. The fraction of sp³-hybridized carbons (Fsp3) is 0.421. The number of amides is 2. The quantitative estimate of drug-likeness (QED) is 0.724. The summed E-state index contributed by atoms with van der Waals surface area (Å²) in [5.41, 5.74) is 0.545. The molecular formula is C19H23BrN4O3. The summed E-state index contributed by atoms with van der Waals surface area (Å²) in [6, 6.07) is 8.89.